The van der Waals surface area contributed by atoms with Crippen molar-refractivity contribution in [3.05, 3.63) is 32.4 Å². The van der Waals surface area contributed by atoms with Crippen LogP contribution in [-0.2, 0) is 12.8 Å². The summed E-state index contributed by atoms with van der Waals surface area (Å²) in [6, 6.07) is 4.22. The monoisotopic (exact) mass is 281 g/mol. The zero-order valence-electron chi connectivity index (χ0n) is 11.1. The van der Waals surface area contributed by atoms with Gasteiger partial charge in [-0.2, -0.15) is 0 Å². The topological polar surface area (TPSA) is 37.8 Å². The lowest BCUT2D eigenvalue weighted by atomic mass is 10.1. The van der Waals surface area contributed by atoms with Crippen LogP contribution in [0.1, 0.15) is 35.7 Å². The number of nitrogens with zero attached hydrogens (tertiary/aromatic N) is 2. The average molecular weight is 281 g/mol. The number of rotatable bonds is 5. The van der Waals surface area contributed by atoms with E-state index < -0.39 is 0 Å². The average Bonchev–Trinajstić information content (AvgIpc) is 2.89. The Hall–Kier alpha value is -0.780. The van der Waals surface area contributed by atoms with E-state index in [4.69, 9.17) is 0 Å². The third kappa shape index (κ3) is 4.48. The molecule has 0 atom stereocenters. The van der Waals surface area contributed by atoms with Crippen molar-refractivity contribution in [2.75, 3.05) is 6.54 Å². The van der Waals surface area contributed by atoms with E-state index in [-0.39, 0.29) is 5.54 Å². The fraction of sp³-hybridized carbons (Fsp3) is 0.538. The fourth-order valence-electron chi connectivity index (χ4n) is 1.57. The van der Waals surface area contributed by atoms with Gasteiger partial charge in [0, 0.05) is 29.8 Å². The number of hydrogen-bond donors (Lipinski definition) is 1. The van der Waals surface area contributed by atoms with Crippen LogP contribution in [0.5, 0.6) is 0 Å². The molecule has 0 amide bonds. The second-order valence-electron chi connectivity index (χ2n) is 5.27. The second-order valence-corrected chi connectivity index (χ2v) is 7.45. The van der Waals surface area contributed by atoms with Gasteiger partial charge < -0.3 is 5.32 Å². The van der Waals surface area contributed by atoms with Crippen LogP contribution in [0.25, 0.3) is 0 Å². The molecule has 18 heavy (non-hydrogen) atoms. The summed E-state index contributed by atoms with van der Waals surface area (Å²) in [4.78, 5) is 1.35. The molecule has 3 nitrogen and oxygen atoms in total. The van der Waals surface area contributed by atoms with Gasteiger partial charge in [0.1, 0.15) is 10.0 Å². The third-order valence-electron chi connectivity index (χ3n) is 2.41. The van der Waals surface area contributed by atoms with Crippen molar-refractivity contribution in [1.82, 2.24) is 15.5 Å². The molecule has 1 N–H and O–H groups in total. The van der Waals surface area contributed by atoms with Gasteiger partial charge in [-0.1, -0.05) is 6.07 Å². The van der Waals surface area contributed by atoms with Gasteiger partial charge in [-0.15, -0.1) is 32.9 Å². The summed E-state index contributed by atoms with van der Waals surface area (Å²) in [6.45, 7) is 7.48. The largest absolute Gasteiger partial charge is 0.312 e. The highest BCUT2D eigenvalue weighted by Crippen LogP contribution is 2.18. The van der Waals surface area contributed by atoms with Crippen LogP contribution in [0.3, 0.4) is 0 Å². The first-order valence-electron chi connectivity index (χ1n) is 6.11. The Bertz CT molecular complexity index is 469. The van der Waals surface area contributed by atoms with Crippen LogP contribution in [0.2, 0.25) is 0 Å². The maximum Gasteiger partial charge on any atom is 0.122 e. The lowest BCUT2D eigenvalue weighted by Gasteiger charge is -2.19. The number of aromatic nitrogens is 2. The van der Waals surface area contributed by atoms with Crippen molar-refractivity contribution in [3.63, 3.8) is 0 Å². The van der Waals surface area contributed by atoms with Crippen molar-refractivity contribution >= 4 is 22.7 Å². The van der Waals surface area contributed by atoms with Crippen LogP contribution >= 0.6 is 22.7 Å². The lowest BCUT2D eigenvalue weighted by molar-refractivity contribution is 0.429. The molecule has 2 aromatic rings. The molecule has 0 spiro atoms. The molecule has 2 rings (SSSR count). The molecule has 0 aliphatic rings. The van der Waals surface area contributed by atoms with E-state index in [1.165, 1.54) is 4.88 Å². The van der Waals surface area contributed by atoms with E-state index in [1.807, 2.05) is 0 Å². The highest BCUT2D eigenvalue weighted by atomic mass is 32.1. The molecule has 0 saturated carbocycles. The number of hydrogen-bond acceptors (Lipinski definition) is 5. The van der Waals surface area contributed by atoms with Crippen LogP contribution in [0.15, 0.2) is 17.5 Å². The SMILES string of the molecule is CC(C)(C)NCCc1nnc(Cc2cccs2)s1. The lowest BCUT2D eigenvalue weighted by Crippen LogP contribution is -2.37. The molecule has 0 aliphatic heterocycles. The minimum absolute atomic E-state index is 0.171. The molecule has 0 radical (unpaired) electrons. The van der Waals surface area contributed by atoms with E-state index in [2.05, 4.69) is 53.8 Å². The summed E-state index contributed by atoms with van der Waals surface area (Å²) < 4.78 is 0. The van der Waals surface area contributed by atoms with Crippen molar-refractivity contribution in [2.45, 2.75) is 39.2 Å². The highest BCUT2D eigenvalue weighted by Gasteiger charge is 2.10. The molecule has 5 heteroatoms. The van der Waals surface area contributed by atoms with Gasteiger partial charge in [-0.25, -0.2) is 0 Å². The Morgan fingerprint density at radius 2 is 2.00 bits per heavy atom. The Kier molecular flexibility index (Phi) is 4.48. The minimum atomic E-state index is 0.171. The van der Waals surface area contributed by atoms with Crippen LogP contribution in [-0.4, -0.2) is 22.3 Å². The fourth-order valence-corrected chi connectivity index (χ4v) is 3.24. The normalized spacial score (nSPS) is 11.9. The molecule has 0 fully saturated rings. The summed E-state index contributed by atoms with van der Waals surface area (Å²) in [5.74, 6) is 0. The summed E-state index contributed by atoms with van der Waals surface area (Å²) in [6.07, 6.45) is 1.88. The standard InChI is InChI=1S/C13H19N3S2/c1-13(2,3)14-7-6-11-15-16-12(18-11)9-10-5-4-8-17-10/h4-5,8,14H,6-7,9H2,1-3H3. The maximum absolute atomic E-state index is 4.25. The molecule has 0 unspecified atom stereocenters. The summed E-state index contributed by atoms with van der Waals surface area (Å²) in [5.41, 5.74) is 0.171. The Morgan fingerprint density at radius 1 is 1.22 bits per heavy atom. The van der Waals surface area contributed by atoms with Crippen LogP contribution < -0.4 is 5.32 Å². The van der Waals surface area contributed by atoms with E-state index in [9.17, 15) is 0 Å². The quantitative estimate of drug-likeness (QED) is 0.915. The molecule has 2 aromatic heterocycles. The van der Waals surface area contributed by atoms with Crippen LogP contribution in [0.4, 0.5) is 0 Å². The predicted molar refractivity (Wildman–Crippen MR) is 78.5 cm³/mol. The Labute approximate surface area is 116 Å². The maximum atomic E-state index is 4.25. The second kappa shape index (κ2) is 5.91. The Balaban J connectivity index is 1.83. The molecule has 2 heterocycles. The van der Waals surface area contributed by atoms with E-state index in [0.29, 0.717) is 0 Å². The summed E-state index contributed by atoms with van der Waals surface area (Å²) >= 11 is 3.50. The van der Waals surface area contributed by atoms with Gasteiger partial charge in [0.25, 0.3) is 0 Å². The van der Waals surface area contributed by atoms with E-state index >= 15 is 0 Å². The third-order valence-corrected chi connectivity index (χ3v) is 4.27. The summed E-state index contributed by atoms with van der Waals surface area (Å²) in [7, 11) is 0. The smallest absolute Gasteiger partial charge is 0.122 e. The molecular weight excluding hydrogens is 262 g/mol. The molecule has 0 aliphatic carbocycles. The van der Waals surface area contributed by atoms with Crippen molar-refractivity contribution in [3.8, 4) is 0 Å². The zero-order valence-corrected chi connectivity index (χ0v) is 12.7. The van der Waals surface area contributed by atoms with Crippen molar-refractivity contribution < 1.29 is 0 Å². The van der Waals surface area contributed by atoms with Gasteiger partial charge in [0.15, 0.2) is 0 Å². The van der Waals surface area contributed by atoms with Crippen molar-refractivity contribution in [2.24, 2.45) is 0 Å². The first kappa shape index (κ1) is 13.6. The van der Waals surface area contributed by atoms with E-state index in [1.54, 1.807) is 22.7 Å². The van der Waals surface area contributed by atoms with Gasteiger partial charge >= 0.3 is 0 Å². The molecule has 98 valence electrons. The molecule has 0 bridgehead atoms. The van der Waals surface area contributed by atoms with Crippen molar-refractivity contribution in [1.29, 1.82) is 0 Å². The van der Waals surface area contributed by atoms with Crippen LogP contribution in [0, 0.1) is 0 Å². The Morgan fingerprint density at radius 3 is 2.67 bits per heavy atom. The highest BCUT2D eigenvalue weighted by molar-refractivity contribution is 7.12. The number of nitrogens with one attached hydrogen (secondary N) is 1. The molecular formula is C13H19N3S2. The van der Waals surface area contributed by atoms with Gasteiger partial charge in [0.05, 0.1) is 0 Å². The zero-order chi connectivity index (χ0) is 13.0. The van der Waals surface area contributed by atoms with Gasteiger partial charge in [-0.3, -0.25) is 0 Å². The number of thiophene rings is 1. The summed E-state index contributed by atoms with van der Waals surface area (Å²) in [5, 5.41) is 16.3. The van der Waals surface area contributed by atoms with Gasteiger partial charge in [0.2, 0.25) is 0 Å². The first-order chi connectivity index (χ1) is 8.53. The predicted octanol–water partition coefficient (Wildman–Crippen LogP) is 3.12. The minimum Gasteiger partial charge on any atom is -0.312 e. The molecule has 0 aromatic carbocycles. The van der Waals surface area contributed by atoms with Gasteiger partial charge in [-0.05, 0) is 32.2 Å². The first-order valence-corrected chi connectivity index (χ1v) is 7.81. The van der Waals surface area contributed by atoms with E-state index in [0.717, 1.165) is 29.4 Å². The molecule has 0 saturated heterocycles.